The van der Waals surface area contributed by atoms with Crippen molar-refractivity contribution in [2.45, 2.75) is 44.8 Å². The van der Waals surface area contributed by atoms with Crippen molar-refractivity contribution in [3.63, 3.8) is 0 Å². The molecule has 0 aliphatic rings. The van der Waals surface area contributed by atoms with E-state index >= 15 is 0 Å². The number of benzene rings is 1. The largest absolute Gasteiger partial charge is 0.480 e. The van der Waals surface area contributed by atoms with Crippen LogP contribution in [-0.2, 0) is 20.8 Å². The van der Waals surface area contributed by atoms with Crippen molar-refractivity contribution in [1.82, 2.24) is 15.6 Å². The van der Waals surface area contributed by atoms with Crippen LogP contribution in [0.15, 0.2) is 30.5 Å². The average molecular weight is 404 g/mol. The van der Waals surface area contributed by atoms with Gasteiger partial charge < -0.3 is 31.6 Å². The van der Waals surface area contributed by atoms with Gasteiger partial charge in [-0.1, -0.05) is 32.0 Å². The van der Waals surface area contributed by atoms with E-state index in [4.69, 9.17) is 10.8 Å². The molecule has 2 aromatic rings. The van der Waals surface area contributed by atoms with Crippen molar-refractivity contribution < 1.29 is 24.6 Å². The molecule has 9 nitrogen and oxygen atoms in total. The molecule has 2 rings (SSSR count). The lowest BCUT2D eigenvalue weighted by Crippen LogP contribution is -2.56. The molecular weight excluding hydrogens is 376 g/mol. The molecule has 0 saturated heterocycles. The van der Waals surface area contributed by atoms with Gasteiger partial charge in [0.05, 0.1) is 12.6 Å². The number of carbonyl (C=O) groups excluding carboxylic acids is 2. The Balaban J connectivity index is 2.23. The number of nitrogens with one attached hydrogen (secondary N) is 3. The van der Waals surface area contributed by atoms with E-state index in [-0.39, 0.29) is 12.3 Å². The van der Waals surface area contributed by atoms with Crippen molar-refractivity contribution in [1.29, 1.82) is 0 Å². The Hall–Kier alpha value is -2.91. The summed E-state index contributed by atoms with van der Waals surface area (Å²) in [7, 11) is 0. The fraction of sp³-hybridized carbons (Fsp3) is 0.450. The molecule has 0 aliphatic heterocycles. The van der Waals surface area contributed by atoms with Crippen LogP contribution in [-0.4, -0.2) is 57.7 Å². The normalized spacial score (nSPS) is 14.4. The van der Waals surface area contributed by atoms with Crippen LogP contribution in [0.5, 0.6) is 0 Å². The molecule has 1 heterocycles. The zero-order valence-electron chi connectivity index (χ0n) is 16.5. The van der Waals surface area contributed by atoms with Crippen LogP contribution in [0, 0.1) is 5.92 Å². The maximum Gasteiger partial charge on any atom is 0.328 e. The molecule has 0 radical (unpaired) electrons. The molecule has 2 amide bonds. The predicted molar refractivity (Wildman–Crippen MR) is 108 cm³/mol. The van der Waals surface area contributed by atoms with Crippen molar-refractivity contribution in [3.8, 4) is 0 Å². The van der Waals surface area contributed by atoms with Crippen LogP contribution in [0.2, 0.25) is 0 Å². The summed E-state index contributed by atoms with van der Waals surface area (Å²) in [4.78, 5) is 39.4. The zero-order chi connectivity index (χ0) is 21.6. The number of carboxylic acids is 1. The number of rotatable bonds is 10. The summed E-state index contributed by atoms with van der Waals surface area (Å²) in [6, 6.07) is 4.20. The Morgan fingerprint density at radius 2 is 1.76 bits per heavy atom. The summed E-state index contributed by atoms with van der Waals surface area (Å²) in [6.07, 6.45) is 2.32. The SMILES string of the molecule is CC(C)C[C@H](N)C(=O)N[C@@H](Cc1c[nH]c2ccccc12)C(=O)N[C@@H](CO)C(=O)O. The third-order valence-corrected chi connectivity index (χ3v) is 4.59. The van der Waals surface area contributed by atoms with E-state index in [9.17, 15) is 19.5 Å². The fourth-order valence-electron chi connectivity index (χ4n) is 3.08. The van der Waals surface area contributed by atoms with E-state index in [0.29, 0.717) is 6.42 Å². The van der Waals surface area contributed by atoms with Gasteiger partial charge in [-0.25, -0.2) is 4.79 Å². The number of aromatic nitrogens is 1. The molecule has 0 aliphatic carbocycles. The van der Waals surface area contributed by atoms with Gasteiger partial charge in [-0.15, -0.1) is 0 Å². The number of hydrogen-bond acceptors (Lipinski definition) is 5. The van der Waals surface area contributed by atoms with E-state index in [2.05, 4.69) is 15.6 Å². The van der Waals surface area contributed by atoms with E-state index < -0.39 is 42.5 Å². The highest BCUT2D eigenvalue weighted by atomic mass is 16.4. The van der Waals surface area contributed by atoms with E-state index in [0.717, 1.165) is 16.5 Å². The Labute approximate surface area is 168 Å². The van der Waals surface area contributed by atoms with Gasteiger partial charge in [0.15, 0.2) is 0 Å². The lowest BCUT2D eigenvalue weighted by Gasteiger charge is -2.23. The number of aliphatic carboxylic acids is 1. The first kappa shape index (κ1) is 22.4. The van der Waals surface area contributed by atoms with Gasteiger partial charge in [-0.05, 0) is 24.0 Å². The second kappa shape index (κ2) is 10.0. The smallest absolute Gasteiger partial charge is 0.328 e. The molecule has 1 aromatic carbocycles. The first-order chi connectivity index (χ1) is 13.7. The number of carbonyl (C=O) groups is 3. The van der Waals surface area contributed by atoms with Crippen LogP contribution in [0.3, 0.4) is 0 Å². The molecule has 0 saturated carbocycles. The third-order valence-electron chi connectivity index (χ3n) is 4.59. The third kappa shape index (κ3) is 6.03. The maximum atomic E-state index is 12.7. The minimum absolute atomic E-state index is 0.133. The average Bonchev–Trinajstić information content (AvgIpc) is 3.07. The van der Waals surface area contributed by atoms with Crippen LogP contribution in [0.4, 0.5) is 0 Å². The molecule has 7 N–H and O–H groups in total. The minimum atomic E-state index is -1.46. The number of carboxylic acid groups (broad SMARTS) is 1. The minimum Gasteiger partial charge on any atom is -0.480 e. The highest BCUT2D eigenvalue weighted by Crippen LogP contribution is 2.19. The molecule has 1 aromatic heterocycles. The Kier molecular flexibility index (Phi) is 7.74. The highest BCUT2D eigenvalue weighted by molar-refractivity contribution is 5.93. The summed E-state index contributed by atoms with van der Waals surface area (Å²) < 4.78 is 0. The van der Waals surface area contributed by atoms with Gasteiger partial charge in [0.1, 0.15) is 12.1 Å². The van der Waals surface area contributed by atoms with E-state index in [1.54, 1.807) is 6.20 Å². The molecule has 0 unspecified atom stereocenters. The second-order valence-corrected chi connectivity index (χ2v) is 7.44. The number of aliphatic hydroxyl groups excluding tert-OH is 1. The molecule has 0 fully saturated rings. The van der Waals surface area contributed by atoms with Gasteiger partial charge in [-0.2, -0.15) is 0 Å². The van der Waals surface area contributed by atoms with Gasteiger partial charge >= 0.3 is 5.97 Å². The number of nitrogens with two attached hydrogens (primary N) is 1. The van der Waals surface area contributed by atoms with Crippen molar-refractivity contribution >= 4 is 28.7 Å². The Morgan fingerprint density at radius 1 is 1.10 bits per heavy atom. The predicted octanol–water partition coefficient (Wildman–Crippen LogP) is 0.130. The van der Waals surface area contributed by atoms with Crippen molar-refractivity contribution in [2.75, 3.05) is 6.61 Å². The number of aromatic amines is 1. The number of hydrogen-bond donors (Lipinski definition) is 6. The Morgan fingerprint density at radius 3 is 2.38 bits per heavy atom. The topological polar surface area (TPSA) is 158 Å². The molecular formula is C20H28N4O5. The molecule has 29 heavy (non-hydrogen) atoms. The molecule has 158 valence electrons. The van der Waals surface area contributed by atoms with Gasteiger partial charge in [-0.3, -0.25) is 9.59 Å². The van der Waals surface area contributed by atoms with Crippen molar-refractivity contribution in [3.05, 3.63) is 36.0 Å². The van der Waals surface area contributed by atoms with E-state index in [1.807, 2.05) is 38.1 Å². The number of H-pyrrole nitrogens is 1. The molecule has 9 heteroatoms. The quantitative estimate of drug-likeness (QED) is 0.330. The molecule has 0 bridgehead atoms. The highest BCUT2D eigenvalue weighted by Gasteiger charge is 2.28. The number of aliphatic hydroxyl groups is 1. The summed E-state index contributed by atoms with van der Waals surface area (Å²) in [6.45, 7) is 3.10. The fourth-order valence-corrected chi connectivity index (χ4v) is 3.08. The number of amides is 2. The van der Waals surface area contributed by atoms with Gasteiger partial charge in [0.2, 0.25) is 11.8 Å². The van der Waals surface area contributed by atoms with Gasteiger partial charge in [0, 0.05) is 23.5 Å². The molecule has 0 spiro atoms. The second-order valence-electron chi connectivity index (χ2n) is 7.44. The maximum absolute atomic E-state index is 12.7. The summed E-state index contributed by atoms with van der Waals surface area (Å²) in [5.74, 6) is -2.37. The first-order valence-electron chi connectivity index (χ1n) is 9.47. The van der Waals surface area contributed by atoms with Gasteiger partial charge in [0.25, 0.3) is 0 Å². The lowest BCUT2D eigenvalue weighted by atomic mass is 10.0. The summed E-state index contributed by atoms with van der Waals surface area (Å²) in [5.41, 5.74) is 7.59. The Bertz CT molecular complexity index is 863. The summed E-state index contributed by atoms with van der Waals surface area (Å²) >= 11 is 0. The number of fused-ring (bicyclic) bond motifs is 1. The van der Waals surface area contributed by atoms with Crippen molar-refractivity contribution in [2.24, 2.45) is 11.7 Å². The van der Waals surface area contributed by atoms with E-state index in [1.165, 1.54) is 0 Å². The van der Waals surface area contributed by atoms with Crippen LogP contribution in [0.1, 0.15) is 25.8 Å². The van der Waals surface area contributed by atoms with Crippen LogP contribution in [0.25, 0.3) is 10.9 Å². The monoisotopic (exact) mass is 404 g/mol. The zero-order valence-corrected chi connectivity index (χ0v) is 16.5. The van der Waals surface area contributed by atoms with Crippen LogP contribution < -0.4 is 16.4 Å². The van der Waals surface area contributed by atoms with Crippen LogP contribution >= 0.6 is 0 Å². The molecule has 3 atom stereocenters. The first-order valence-corrected chi connectivity index (χ1v) is 9.47. The summed E-state index contributed by atoms with van der Waals surface area (Å²) in [5, 5.41) is 24.0. The standard InChI is InChI=1S/C20H28N4O5/c1-11(2)7-14(21)18(26)23-16(19(27)24-17(10-25)20(28)29)8-12-9-22-15-6-4-3-5-13(12)15/h3-6,9,11,14,16-17,22,25H,7-8,10,21H2,1-2H3,(H,23,26)(H,24,27)(H,28,29)/t14-,16-,17-/m0/s1. The number of para-hydroxylation sites is 1. The lowest BCUT2D eigenvalue weighted by molar-refractivity contribution is -0.143.